The highest BCUT2D eigenvalue weighted by atomic mass is 19.1. The minimum atomic E-state index is -0.868. The lowest BCUT2D eigenvalue weighted by Crippen LogP contribution is -2.55. The van der Waals surface area contributed by atoms with Gasteiger partial charge in [-0.05, 0) is 49.2 Å². The van der Waals surface area contributed by atoms with Gasteiger partial charge < -0.3 is 20.4 Å². The Hall–Kier alpha value is -3.42. The van der Waals surface area contributed by atoms with Crippen LogP contribution in [0.4, 0.5) is 26.2 Å². The molecule has 0 spiro atoms. The topological polar surface area (TPSA) is 81.8 Å². The molecule has 3 amide bonds. The molecule has 1 heterocycles. The number of amides is 3. The first kappa shape index (κ1) is 25.7. The van der Waals surface area contributed by atoms with Crippen molar-refractivity contribution >= 4 is 34.8 Å². The molecule has 0 saturated heterocycles. The summed E-state index contributed by atoms with van der Waals surface area (Å²) < 4.78 is 13.3. The summed E-state index contributed by atoms with van der Waals surface area (Å²) >= 11 is 0. The SMILES string of the molecule is CC(C)(C)C(=O)CN1C(=O)C(NC(=O)Nc2ccc(F)cc2)CN(C2CCCCC2)c2ccccc21. The Kier molecular flexibility index (Phi) is 7.62. The number of halogens is 1. The third kappa shape index (κ3) is 5.86. The molecule has 7 nitrogen and oxygen atoms in total. The highest BCUT2D eigenvalue weighted by molar-refractivity contribution is 6.08. The number of hydrogen-bond donors (Lipinski definition) is 2. The quantitative estimate of drug-likeness (QED) is 0.605. The Labute approximate surface area is 212 Å². The predicted octanol–water partition coefficient (Wildman–Crippen LogP) is 5.12. The second kappa shape index (κ2) is 10.7. The number of fused-ring (bicyclic) bond motifs is 1. The van der Waals surface area contributed by atoms with Crippen LogP contribution in [0.25, 0.3) is 0 Å². The van der Waals surface area contributed by atoms with Crippen molar-refractivity contribution in [2.75, 3.05) is 28.2 Å². The number of ketones is 1. The molecule has 2 N–H and O–H groups in total. The van der Waals surface area contributed by atoms with Crippen LogP contribution in [0.2, 0.25) is 0 Å². The fraction of sp³-hybridized carbons (Fsp3) is 0.464. The number of para-hydroxylation sites is 2. The van der Waals surface area contributed by atoms with E-state index < -0.39 is 23.3 Å². The largest absolute Gasteiger partial charge is 0.364 e. The maximum absolute atomic E-state index is 13.9. The van der Waals surface area contributed by atoms with E-state index in [-0.39, 0.29) is 24.3 Å². The number of nitrogens with one attached hydrogen (secondary N) is 2. The van der Waals surface area contributed by atoms with Crippen molar-refractivity contribution in [3.05, 3.63) is 54.3 Å². The van der Waals surface area contributed by atoms with Gasteiger partial charge in [-0.3, -0.25) is 9.59 Å². The van der Waals surface area contributed by atoms with E-state index in [1.54, 1.807) is 0 Å². The van der Waals surface area contributed by atoms with E-state index in [1.165, 1.54) is 35.6 Å². The van der Waals surface area contributed by atoms with Gasteiger partial charge in [-0.2, -0.15) is 0 Å². The van der Waals surface area contributed by atoms with Crippen molar-refractivity contribution in [3.8, 4) is 0 Å². The van der Waals surface area contributed by atoms with Crippen molar-refractivity contribution < 1.29 is 18.8 Å². The molecule has 1 atom stereocenters. The van der Waals surface area contributed by atoms with Crippen molar-refractivity contribution in [2.24, 2.45) is 5.41 Å². The van der Waals surface area contributed by atoms with E-state index in [1.807, 2.05) is 45.0 Å². The molecule has 1 aliphatic carbocycles. The molecule has 2 aliphatic rings. The summed E-state index contributed by atoms with van der Waals surface area (Å²) in [6, 6.07) is 11.9. The normalized spacial score (nSPS) is 18.9. The van der Waals surface area contributed by atoms with Crippen LogP contribution in [0.3, 0.4) is 0 Å². The smallest absolute Gasteiger partial charge is 0.319 e. The zero-order valence-electron chi connectivity index (χ0n) is 21.2. The minimum Gasteiger partial charge on any atom is -0.364 e. The molecular weight excluding hydrogens is 459 g/mol. The van der Waals surface area contributed by atoms with Crippen LogP contribution in [0.5, 0.6) is 0 Å². The van der Waals surface area contributed by atoms with Crippen LogP contribution >= 0.6 is 0 Å². The number of urea groups is 1. The lowest BCUT2D eigenvalue weighted by Gasteiger charge is -2.37. The van der Waals surface area contributed by atoms with E-state index >= 15 is 0 Å². The van der Waals surface area contributed by atoms with Crippen LogP contribution in [-0.2, 0) is 9.59 Å². The minimum absolute atomic E-state index is 0.0636. The number of nitrogens with zero attached hydrogens (tertiary/aromatic N) is 2. The molecule has 0 aromatic heterocycles. The van der Waals surface area contributed by atoms with Gasteiger partial charge in [0, 0.05) is 23.7 Å². The molecular formula is C28H35FN4O3. The summed E-state index contributed by atoms with van der Waals surface area (Å²) in [5, 5.41) is 5.51. The van der Waals surface area contributed by atoms with E-state index in [0.29, 0.717) is 17.9 Å². The first-order valence-corrected chi connectivity index (χ1v) is 12.7. The van der Waals surface area contributed by atoms with E-state index in [0.717, 1.165) is 31.4 Å². The van der Waals surface area contributed by atoms with E-state index in [4.69, 9.17) is 0 Å². The monoisotopic (exact) mass is 494 g/mol. The van der Waals surface area contributed by atoms with Gasteiger partial charge in [0.05, 0.1) is 17.9 Å². The highest BCUT2D eigenvalue weighted by Gasteiger charge is 2.39. The second-order valence-corrected chi connectivity index (χ2v) is 10.7. The fourth-order valence-electron chi connectivity index (χ4n) is 4.86. The Morgan fingerprint density at radius 2 is 1.61 bits per heavy atom. The molecule has 36 heavy (non-hydrogen) atoms. The van der Waals surface area contributed by atoms with Crippen molar-refractivity contribution in [3.63, 3.8) is 0 Å². The molecule has 1 aliphatic heterocycles. The zero-order valence-corrected chi connectivity index (χ0v) is 21.2. The Balaban J connectivity index is 1.66. The molecule has 1 unspecified atom stereocenters. The second-order valence-electron chi connectivity index (χ2n) is 10.7. The molecule has 4 rings (SSSR count). The maximum Gasteiger partial charge on any atom is 0.319 e. The van der Waals surface area contributed by atoms with Gasteiger partial charge in [0.2, 0.25) is 0 Å². The molecule has 0 bridgehead atoms. The average molecular weight is 495 g/mol. The van der Waals surface area contributed by atoms with Crippen LogP contribution < -0.4 is 20.4 Å². The third-order valence-corrected chi connectivity index (χ3v) is 6.99. The molecule has 2 aromatic carbocycles. The van der Waals surface area contributed by atoms with Gasteiger partial charge in [0.1, 0.15) is 11.9 Å². The number of carbonyl (C=O) groups is 3. The number of rotatable bonds is 5. The molecule has 1 fully saturated rings. The number of benzene rings is 2. The van der Waals surface area contributed by atoms with Crippen molar-refractivity contribution in [1.82, 2.24) is 5.32 Å². The lowest BCUT2D eigenvalue weighted by molar-refractivity contribution is -0.127. The zero-order chi connectivity index (χ0) is 25.9. The molecule has 192 valence electrons. The summed E-state index contributed by atoms with van der Waals surface area (Å²) in [5.41, 5.74) is 1.40. The molecule has 0 radical (unpaired) electrons. The number of anilines is 3. The van der Waals surface area contributed by atoms with Crippen molar-refractivity contribution in [2.45, 2.75) is 65.0 Å². The predicted molar refractivity (Wildman–Crippen MR) is 140 cm³/mol. The van der Waals surface area contributed by atoms with E-state index in [2.05, 4.69) is 15.5 Å². The van der Waals surface area contributed by atoms with Gasteiger partial charge in [-0.15, -0.1) is 0 Å². The first-order chi connectivity index (χ1) is 17.1. The van der Waals surface area contributed by atoms with Crippen LogP contribution in [0, 0.1) is 11.2 Å². The average Bonchev–Trinajstić information content (AvgIpc) is 2.96. The van der Waals surface area contributed by atoms with Gasteiger partial charge in [0.25, 0.3) is 5.91 Å². The Morgan fingerprint density at radius 1 is 0.972 bits per heavy atom. The Bertz CT molecular complexity index is 1110. The number of carbonyl (C=O) groups excluding carboxylic acids is 3. The van der Waals surface area contributed by atoms with Gasteiger partial charge in [0.15, 0.2) is 5.78 Å². The summed E-state index contributed by atoms with van der Waals surface area (Å²) in [5.74, 6) is -0.793. The lowest BCUT2D eigenvalue weighted by atomic mass is 9.90. The van der Waals surface area contributed by atoms with Crippen LogP contribution in [0.1, 0.15) is 52.9 Å². The Morgan fingerprint density at radius 3 is 2.25 bits per heavy atom. The summed E-state index contributed by atoms with van der Waals surface area (Å²) in [4.78, 5) is 43.6. The molecule has 8 heteroatoms. The van der Waals surface area contributed by atoms with Crippen LogP contribution in [-0.4, -0.2) is 42.9 Å². The van der Waals surface area contributed by atoms with E-state index in [9.17, 15) is 18.8 Å². The summed E-state index contributed by atoms with van der Waals surface area (Å²) in [6.45, 7) is 5.74. The van der Waals surface area contributed by atoms with Gasteiger partial charge in [-0.1, -0.05) is 52.2 Å². The summed E-state index contributed by atoms with van der Waals surface area (Å²) in [7, 11) is 0. The highest BCUT2D eigenvalue weighted by Crippen LogP contribution is 2.37. The number of Topliss-reactive ketones (excluding diaryl/α,β-unsaturated/α-hetero) is 1. The number of hydrogen-bond acceptors (Lipinski definition) is 4. The van der Waals surface area contributed by atoms with Crippen LogP contribution in [0.15, 0.2) is 48.5 Å². The summed E-state index contributed by atoms with van der Waals surface area (Å²) in [6.07, 6.45) is 5.45. The maximum atomic E-state index is 13.9. The third-order valence-electron chi connectivity index (χ3n) is 6.99. The van der Waals surface area contributed by atoms with Gasteiger partial charge in [-0.25, -0.2) is 9.18 Å². The molecule has 2 aromatic rings. The fourth-order valence-corrected chi connectivity index (χ4v) is 4.86. The first-order valence-electron chi connectivity index (χ1n) is 12.7. The standard InChI is InChI=1S/C28H35FN4O3/c1-28(2,3)25(34)18-33-24-12-8-7-11-23(24)32(21-9-5-4-6-10-21)17-22(26(33)35)31-27(36)30-20-15-13-19(29)14-16-20/h7-8,11-16,21-22H,4-6,9-10,17-18H2,1-3H3,(H2,30,31,36). The van der Waals surface area contributed by atoms with Crippen molar-refractivity contribution in [1.29, 1.82) is 0 Å². The molecule has 1 saturated carbocycles. The van der Waals surface area contributed by atoms with Gasteiger partial charge >= 0.3 is 6.03 Å².